The summed E-state index contributed by atoms with van der Waals surface area (Å²) in [5.41, 5.74) is 1.87. The number of hydrogen-bond acceptors (Lipinski definition) is 2. The second-order valence-electron chi connectivity index (χ2n) is 4.25. The van der Waals surface area contributed by atoms with Gasteiger partial charge in [0.25, 0.3) is 5.91 Å². The molecule has 0 aromatic heterocycles. The molecule has 86 valence electrons. The molecule has 1 atom stereocenters. The second kappa shape index (κ2) is 4.56. The lowest BCUT2D eigenvalue weighted by atomic mass is 9.96. The Labute approximate surface area is 95.8 Å². The van der Waals surface area contributed by atoms with Crippen molar-refractivity contribution >= 4 is 5.91 Å². The number of nitrogens with one attached hydrogen (secondary N) is 1. The Morgan fingerprint density at radius 1 is 1.50 bits per heavy atom. The number of ether oxygens (including phenoxy) is 1. The average Bonchev–Trinajstić information content (AvgIpc) is 2.26. The van der Waals surface area contributed by atoms with E-state index in [0.717, 1.165) is 29.7 Å². The Kier molecular flexibility index (Phi) is 3.13. The predicted molar refractivity (Wildman–Crippen MR) is 62.9 cm³/mol. The first-order valence-corrected chi connectivity index (χ1v) is 5.77. The van der Waals surface area contributed by atoms with Crippen LogP contribution < -0.4 is 10.1 Å². The summed E-state index contributed by atoms with van der Waals surface area (Å²) in [5.74, 6) is 0.793. The summed E-state index contributed by atoms with van der Waals surface area (Å²) < 4.78 is 5.52. The molecule has 0 fully saturated rings. The Morgan fingerprint density at radius 3 is 3.06 bits per heavy atom. The first kappa shape index (κ1) is 11.0. The maximum Gasteiger partial charge on any atom is 0.251 e. The van der Waals surface area contributed by atoms with Crippen LogP contribution in [-0.4, -0.2) is 18.6 Å². The fraction of sp³-hybridized carbons (Fsp3) is 0.462. The summed E-state index contributed by atoms with van der Waals surface area (Å²) in [6, 6.07) is 6.00. The third kappa shape index (κ3) is 2.18. The van der Waals surface area contributed by atoms with E-state index in [1.807, 2.05) is 25.1 Å². The molecular weight excluding hydrogens is 202 g/mol. The van der Waals surface area contributed by atoms with Crippen LogP contribution in [0, 0.1) is 0 Å². The van der Waals surface area contributed by atoms with Gasteiger partial charge in [-0.05, 0) is 37.5 Å². The molecular formula is C13H17NO2. The van der Waals surface area contributed by atoms with Gasteiger partial charge in [-0.1, -0.05) is 13.0 Å². The molecule has 3 nitrogen and oxygen atoms in total. The fourth-order valence-corrected chi connectivity index (χ4v) is 1.94. The van der Waals surface area contributed by atoms with Gasteiger partial charge in [-0.25, -0.2) is 0 Å². The first-order valence-electron chi connectivity index (χ1n) is 5.77. The minimum Gasteiger partial charge on any atom is -0.494 e. The largest absolute Gasteiger partial charge is 0.494 e. The smallest absolute Gasteiger partial charge is 0.251 e. The summed E-state index contributed by atoms with van der Waals surface area (Å²) in [6.45, 7) is 4.77. The molecule has 0 aliphatic carbocycles. The molecule has 3 heteroatoms. The van der Waals surface area contributed by atoms with Crippen LogP contribution in [0.15, 0.2) is 18.2 Å². The van der Waals surface area contributed by atoms with Gasteiger partial charge in [0.2, 0.25) is 0 Å². The summed E-state index contributed by atoms with van der Waals surface area (Å²) >= 11 is 0. The van der Waals surface area contributed by atoms with E-state index < -0.39 is 0 Å². The normalized spacial score (nSPS) is 18.9. The van der Waals surface area contributed by atoms with Crippen molar-refractivity contribution in [2.24, 2.45) is 0 Å². The Bertz CT molecular complexity index is 401. The van der Waals surface area contributed by atoms with E-state index in [4.69, 9.17) is 4.74 Å². The zero-order valence-corrected chi connectivity index (χ0v) is 9.75. The highest BCUT2D eigenvalue weighted by Gasteiger charge is 2.21. The van der Waals surface area contributed by atoms with Gasteiger partial charge in [-0.2, -0.15) is 0 Å². The number of amides is 1. The predicted octanol–water partition coefficient (Wildman–Crippen LogP) is 2.15. The maximum atomic E-state index is 11.8. The molecule has 16 heavy (non-hydrogen) atoms. The summed E-state index contributed by atoms with van der Waals surface area (Å²) in [6.07, 6.45) is 1.87. The number of benzene rings is 1. The van der Waals surface area contributed by atoms with Crippen LogP contribution in [0.25, 0.3) is 0 Å². The molecule has 1 aliphatic rings. The molecule has 1 unspecified atom stereocenters. The number of carbonyl (C=O) groups excluding carboxylic acids is 1. The fourth-order valence-electron chi connectivity index (χ4n) is 1.94. The number of rotatable bonds is 3. The van der Waals surface area contributed by atoms with Crippen molar-refractivity contribution in [3.05, 3.63) is 29.3 Å². The SMILES string of the molecule is CCCOc1ccc2c(c1)C(=O)NC(C)C2. The van der Waals surface area contributed by atoms with Crippen LogP contribution in [0.2, 0.25) is 0 Å². The first-order chi connectivity index (χ1) is 7.70. The van der Waals surface area contributed by atoms with Gasteiger partial charge in [-0.15, -0.1) is 0 Å². The van der Waals surface area contributed by atoms with Gasteiger partial charge < -0.3 is 10.1 Å². The molecule has 0 saturated carbocycles. The van der Waals surface area contributed by atoms with E-state index in [9.17, 15) is 4.79 Å². The summed E-state index contributed by atoms with van der Waals surface area (Å²) in [4.78, 5) is 11.8. The van der Waals surface area contributed by atoms with Crippen LogP contribution in [-0.2, 0) is 6.42 Å². The molecule has 1 aromatic rings. The van der Waals surface area contributed by atoms with Crippen LogP contribution in [0.4, 0.5) is 0 Å². The molecule has 0 bridgehead atoms. The van der Waals surface area contributed by atoms with E-state index in [1.165, 1.54) is 0 Å². The molecule has 0 spiro atoms. The van der Waals surface area contributed by atoms with Crippen molar-refractivity contribution in [1.82, 2.24) is 5.32 Å². The summed E-state index contributed by atoms with van der Waals surface area (Å²) in [7, 11) is 0. The van der Waals surface area contributed by atoms with Gasteiger partial charge in [0.05, 0.1) is 6.61 Å². The quantitative estimate of drug-likeness (QED) is 0.846. The highest BCUT2D eigenvalue weighted by molar-refractivity contribution is 5.97. The lowest BCUT2D eigenvalue weighted by Gasteiger charge is -2.22. The van der Waals surface area contributed by atoms with E-state index in [-0.39, 0.29) is 11.9 Å². The Morgan fingerprint density at radius 2 is 2.31 bits per heavy atom. The van der Waals surface area contributed by atoms with E-state index in [1.54, 1.807) is 0 Å². The van der Waals surface area contributed by atoms with Crippen molar-refractivity contribution in [3.8, 4) is 5.75 Å². The molecule has 1 N–H and O–H groups in total. The number of fused-ring (bicyclic) bond motifs is 1. The monoisotopic (exact) mass is 219 g/mol. The van der Waals surface area contributed by atoms with Crippen LogP contribution in [0.5, 0.6) is 5.75 Å². The molecule has 1 aromatic carbocycles. The molecule has 1 amide bonds. The van der Waals surface area contributed by atoms with Crippen molar-refractivity contribution < 1.29 is 9.53 Å². The number of carbonyl (C=O) groups is 1. The standard InChI is InChI=1S/C13H17NO2/c1-3-6-16-11-5-4-10-7-9(2)14-13(15)12(10)8-11/h4-5,8-9H,3,6-7H2,1-2H3,(H,14,15). The maximum absolute atomic E-state index is 11.8. The second-order valence-corrected chi connectivity index (χ2v) is 4.25. The third-order valence-corrected chi connectivity index (χ3v) is 2.70. The van der Waals surface area contributed by atoms with Gasteiger partial charge >= 0.3 is 0 Å². The van der Waals surface area contributed by atoms with Crippen molar-refractivity contribution in [1.29, 1.82) is 0 Å². The van der Waals surface area contributed by atoms with Crippen molar-refractivity contribution in [2.45, 2.75) is 32.7 Å². The molecule has 0 saturated heterocycles. The van der Waals surface area contributed by atoms with E-state index in [2.05, 4.69) is 12.2 Å². The zero-order chi connectivity index (χ0) is 11.5. The minimum atomic E-state index is 0.00991. The highest BCUT2D eigenvalue weighted by atomic mass is 16.5. The molecule has 1 aliphatic heterocycles. The molecule has 2 rings (SSSR count). The zero-order valence-electron chi connectivity index (χ0n) is 9.75. The van der Waals surface area contributed by atoms with Crippen LogP contribution in [0.3, 0.4) is 0 Å². The van der Waals surface area contributed by atoms with E-state index in [0.29, 0.717) is 6.61 Å². The van der Waals surface area contributed by atoms with Crippen LogP contribution >= 0.6 is 0 Å². The highest BCUT2D eigenvalue weighted by Crippen LogP contribution is 2.22. The third-order valence-electron chi connectivity index (χ3n) is 2.70. The van der Waals surface area contributed by atoms with E-state index >= 15 is 0 Å². The lowest BCUT2D eigenvalue weighted by Crippen LogP contribution is -2.39. The van der Waals surface area contributed by atoms with Gasteiger partial charge in [0, 0.05) is 11.6 Å². The minimum absolute atomic E-state index is 0.00991. The van der Waals surface area contributed by atoms with Gasteiger partial charge in [0.15, 0.2) is 0 Å². The lowest BCUT2D eigenvalue weighted by molar-refractivity contribution is 0.0928. The molecule has 0 radical (unpaired) electrons. The Balaban J connectivity index is 2.24. The van der Waals surface area contributed by atoms with Gasteiger partial charge in [-0.3, -0.25) is 4.79 Å². The van der Waals surface area contributed by atoms with Gasteiger partial charge in [0.1, 0.15) is 5.75 Å². The summed E-state index contributed by atoms with van der Waals surface area (Å²) in [5, 5.41) is 2.92. The van der Waals surface area contributed by atoms with Crippen molar-refractivity contribution in [3.63, 3.8) is 0 Å². The van der Waals surface area contributed by atoms with Crippen molar-refractivity contribution in [2.75, 3.05) is 6.61 Å². The number of hydrogen-bond donors (Lipinski definition) is 1. The molecule has 1 heterocycles. The Hall–Kier alpha value is -1.51. The topological polar surface area (TPSA) is 38.3 Å². The van der Waals surface area contributed by atoms with Crippen LogP contribution in [0.1, 0.15) is 36.2 Å². The average molecular weight is 219 g/mol.